The molecule has 6 nitrogen and oxygen atoms in total. The lowest BCUT2D eigenvalue weighted by atomic mass is 9.90. The van der Waals surface area contributed by atoms with Crippen molar-refractivity contribution in [3.8, 4) is 0 Å². The van der Waals surface area contributed by atoms with Gasteiger partial charge in [0.2, 0.25) is 0 Å². The van der Waals surface area contributed by atoms with Gasteiger partial charge in [-0.2, -0.15) is 0 Å². The molecule has 0 atom stereocenters. The highest BCUT2D eigenvalue weighted by atomic mass is 32.2. The number of thioether (sulfide) groups is 1. The molecule has 1 aromatic rings. The van der Waals surface area contributed by atoms with Gasteiger partial charge in [0.1, 0.15) is 12.3 Å². The van der Waals surface area contributed by atoms with E-state index in [0.29, 0.717) is 0 Å². The quantitative estimate of drug-likeness (QED) is 0.227. The average molecular weight is 381 g/mol. The largest absolute Gasteiger partial charge is 0.462 e. The monoisotopic (exact) mass is 380 g/mol. The summed E-state index contributed by atoms with van der Waals surface area (Å²) in [7, 11) is 0. The Kier molecular flexibility index (Phi) is 7.93. The zero-order chi connectivity index (χ0) is 19.0. The minimum atomic E-state index is -0.320. The molecule has 0 unspecified atom stereocenters. The summed E-state index contributed by atoms with van der Waals surface area (Å²) < 4.78 is 10.4. The van der Waals surface area contributed by atoms with Gasteiger partial charge in [0.15, 0.2) is 6.61 Å². The van der Waals surface area contributed by atoms with E-state index in [1.165, 1.54) is 11.8 Å². The van der Waals surface area contributed by atoms with Crippen LogP contribution in [0, 0.1) is 0 Å². The molecule has 1 saturated heterocycles. The van der Waals surface area contributed by atoms with Crippen LogP contribution in [0.3, 0.4) is 0 Å². The number of oxime groups is 1. The molecule has 1 aliphatic rings. The summed E-state index contributed by atoms with van der Waals surface area (Å²) in [5.41, 5.74) is 1.56. The Hall–Kier alpha value is -1.57. The molecule has 0 N–H and O–H groups in total. The summed E-state index contributed by atoms with van der Waals surface area (Å²) in [6, 6.07) is 8.32. The Bertz CT molecular complexity index is 610. The summed E-state index contributed by atoms with van der Waals surface area (Å²) in [6.07, 6.45) is 2.06. The molecule has 144 valence electrons. The third-order valence-corrected chi connectivity index (χ3v) is 5.12. The third-order valence-electron chi connectivity index (χ3n) is 4.38. The number of ether oxygens (including phenoxy) is 2. The van der Waals surface area contributed by atoms with E-state index < -0.39 is 0 Å². The molecule has 1 aromatic carbocycles. The minimum Gasteiger partial charge on any atom is -0.462 e. The third kappa shape index (κ3) is 5.72. The maximum absolute atomic E-state index is 10.9. The van der Waals surface area contributed by atoms with Crippen LogP contribution in [0.5, 0.6) is 0 Å². The molecule has 0 radical (unpaired) electrons. The van der Waals surface area contributed by atoms with Crippen LogP contribution in [0.4, 0.5) is 0 Å². The van der Waals surface area contributed by atoms with Crippen molar-refractivity contribution in [1.29, 1.82) is 0 Å². The van der Waals surface area contributed by atoms with Gasteiger partial charge < -0.3 is 14.3 Å². The Labute approximate surface area is 159 Å². The van der Waals surface area contributed by atoms with Crippen molar-refractivity contribution < 1.29 is 19.1 Å². The van der Waals surface area contributed by atoms with Gasteiger partial charge in [0, 0.05) is 30.5 Å². The molecule has 0 amide bonds. The van der Waals surface area contributed by atoms with Gasteiger partial charge in [0.25, 0.3) is 0 Å². The number of carbonyl (C=O) groups excluding carboxylic acids is 1. The molecule has 1 aliphatic heterocycles. The number of benzene rings is 1. The van der Waals surface area contributed by atoms with Crippen molar-refractivity contribution in [3.05, 3.63) is 29.8 Å². The second kappa shape index (κ2) is 9.94. The van der Waals surface area contributed by atoms with Crippen molar-refractivity contribution in [3.63, 3.8) is 0 Å². The lowest BCUT2D eigenvalue weighted by molar-refractivity contribution is -0.142. The normalized spacial score (nSPS) is 16.4. The number of nitrogens with zero attached hydrogens (tertiary/aromatic N) is 2. The van der Waals surface area contributed by atoms with E-state index >= 15 is 0 Å². The fraction of sp³-hybridized carbons (Fsp3) is 0.579. The number of morpholine rings is 1. The lowest BCUT2D eigenvalue weighted by Crippen LogP contribution is -2.54. The Morgan fingerprint density at radius 3 is 2.46 bits per heavy atom. The molecule has 1 heterocycles. The van der Waals surface area contributed by atoms with Gasteiger partial charge in [0.05, 0.1) is 18.8 Å². The fourth-order valence-electron chi connectivity index (χ4n) is 2.87. The smallest absolute Gasteiger partial charge is 0.302 e. The van der Waals surface area contributed by atoms with E-state index in [2.05, 4.69) is 54.4 Å². The van der Waals surface area contributed by atoms with Gasteiger partial charge >= 0.3 is 5.97 Å². The molecule has 0 aliphatic carbocycles. The van der Waals surface area contributed by atoms with E-state index in [0.717, 1.165) is 37.6 Å². The summed E-state index contributed by atoms with van der Waals surface area (Å²) in [5, 5.41) is 4.43. The van der Waals surface area contributed by atoms with Crippen LogP contribution in [0.2, 0.25) is 0 Å². The highest BCUT2D eigenvalue weighted by molar-refractivity contribution is 7.98. The van der Waals surface area contributed by atoms with Crippen LogP contribution in [0.1, 0.15) is 26.3 Å². The van der Waals surface area contributed by atoms with E-state index in [1.54, 1.807) is 11.8 Å². The summed E-state index contributed by atoms with van der Waals surface area (Å²) in [5.74, 6) is -0.320. The molecule has 0 aromatic heterocycles. The number of carbonyl (C=O) groups is 1. The highest BCUT2D eigenvalue weighted by Gasteiger charge is 2.35. The number of rotatable bonds is 8. The molecule has 0 bridgehead atoms. The first-order valence-electron chi connectivity index (χ1n) is 8.76. The fourth-order valence-corrected chi connectivity index (χ4v) is 3.28. The molecule has 0 saturated carbocycles. The van der Waals surface area contributed by atoms with Gasteiger partial charge in [-0.05, 0) is 32.2 Å². The highest BCUT2D eigenvalue weighted by Crippen LogP contribution is 2.24. The van der Waals surface area contributed by atoms with Gasteiger partial charge in [-0.3, -0.25) is 9.69 Å². The van der Waals surface area contributed by atoms with Crippen molar-refractivity contribution in [2.75, 3.05) is 45.8 Å². The van der Waals surface area contributed by atoms with Gasteiger partial charge in [-0.15, -0.1) is 11.8 Å². The molecular weight excluding hydrogens is 352 g/mol. The molecule has 7 heteroatoms. The van der Waals surface area contributed by atoms with Crippen LogP contribution >= 0.6 is 11.8 Å². The summed E-state index contributed by atoms with van der Waals surface area (Å²) in [4.78, 5) is 19.9. The SMILES string of the molecule is CSc1ccc(C(=NOCCOC(C)=O)C(C)(C)N2CCOCC2)cc1. The standard InChI is InChI=1S/C19H28N2O4S/c1-15(22)24-13-14-25-20-18(16-5-7-17(26-4)8-6-16)19(2,3)21-9-11-23-12-10-21/h5-8H,9-14H2,1-4H3. The Morgan fingerprint density at radius 1 is 1.23 bits per heavy atom. The van der Waals surface area contributed by atoms with Crippen LogP contribution in [-0.2, 0) is 19.1 Å². The molecule has 2 rings (SSSR count). The Morgan fingerprint density at radius 2 is 1.88 bits per heavy atom. The maximum Gasteiger partial charge on any atom is 0.302 e. The van der Waals surface area contributed by atoms with Crippen LogP contribution < -0.4 is 0 Å². The zero-order valence-electron chi connectivity index (χ0n) is 16.0. The Balaban J connectivity index is 2.20. The second-order valence-corrected chi connectivity index (χ2v) is 7.38. The van der Waals surface area contributed by atoms with Crippen LogP contribution in [-0.4, -0.2) is 67.9 Å². The molecule has 1 fully saturated rings. The number of esters is 1. The summed E-state index contributed by atoms with van der Waals surface area (Å²) in [6.45, 7) is 9.23. The molecule has 0 spiro atoms. The van der Waals surface area contributed by atoms with E-state index in [4.69, 9.17) is 14.3 Å². The minimum absolute atomic E-state index is 0.190. The predicted octanol–water partition coefficient (Wildman–Crippen LogP) is 2.80. The number of hydrogen-bond donors (Lipinski definition) is 0. The van der Waals surface area contributed by atoms with E-state index in [-0.39, 0.29) is 24.7 Å². The van der Waals surface area contributed by atoms with Crippen molar-refractivity contribution in [2.24, 2.45) is 5.16 Å². The first-order chi connectivity index (χ1) is 12.4. The second-order valence-electron chi connectivity index (χ2n) is 6.50. The molecule has 26 heavy (non-hydrogen) atoms. The summed E-state index contributed by atoms with van der Waals surface area (Å²) >= 11 is 1.71. The van der Waals surface area contributed by atoms with Gasteiger partial charge in [-0.1, -0.05) is 17.3 Å². The molecular formula is C19H28N2O4S. The van der Waals surface area contributed by atoms with E-state index in [9.17, 15) is 4.79 Å². The average Bonchev–Trinajstić information content (AvgIpc) is 2.65. The predicted molar refractivity (Wildman–Crippen MR) is 104 cm³/mol. The zero-order valence-corrected chi connectivity index (χ0v) is 16.8. The van der Waals surface area contributed by atoms with Crippen molar-refractivity contribution in [1.82, 2.24) is 4.90 Å². The maximum atomic E-state index is 10.9. The van der Waals surface area contributed by atoms with Crippen molar-refractivity contribution in [2.45, 2.75) is 31.2 Å². The van der Waals surface area contributed by atoms with Crippen LogP contribution in [0.15, 0.2) is 34.3 Å². The first-order valence-corrected chi connectivity index (χ1v) is 9.98. The lowest BCUT2D eigenvalue weighted by Gasteiger charge is -2.41. The van der Waals surface area contributed by atoms with Crippen molar-refractivity contribution >= 4 is 23.4 Å². The van der Waals surface area contributed by atoms with Crippen LogP contribution in [0.25, 0.3) is 0 Å². The topological polar surface area (TPSA) is 60.4 Å². The first kappa shape index (κ1) is 20.7. The van der Waals surface area contributed by atoms with E-state index in [1.807, 2.05) is 0 Å². The number of hydrogen-bond acceptors (Lipinski definition) is 7. The van der Waals surface area contributed by atoms with Gasteiger partial charge in [-0.25, -0.2) is 0 Å².